The molecule has 3 heterocycles. The first kappa shape index (κ1) is 15.8. The van der Waals surface area contributed by atoms with Gasteiger partial charge in [0.15, 0.2) is 0 Å². The lowest BCUT2D eigenvalue weighted by molar-refractivity contribution is -0.675. The normalized spacial score (nSPS) is 10.5. The molecule has 0 aliphatic heterocycles. The van der Waals surface area contributed by atoms with Crippen molar-refractivity contribution in [2.24, 2.45) is 0 Å². The van der Waals surface area contributed by atoms with Gasteiger partial charge in [-0.1, -0.05) is 17.7 Å². The molecule has 0 saturated heterocycles. The number of imidazole rings is 1. The minimum Gasteiger partial charge on any atom is -0.475 e. The fraction of sp³-hybridized carbons (Fsp3) is 0.125. The van der Waals surface area contributed by atoms with Crippen LogP contribution in [0.3, 0.4) is 0 Å². The third kappa shape index (κ3) is 2.87. The van der Waals surface area contributed by atoms with Crippen molar-refractivity contribution in [1.29, 1.82) is 5.26 Å². The van der Waals surface area contributed by atoms with Crippen molar-refractivity contribution in [2.75, 3.05) is 5.32 Å². The van der Waals surface area contributed by atoms with Gasteiger partial charge in [-0.05, 0) is 18.2 Å². The summed E-state index contributed by atoms with van der Waals surface area (Å²) in [6, 6.07) is 10.4. The van der Waals surface area contributed by atoms with Crippen LogP contribution in [0.25, 0.3) is 5.65 Å². The zero-order chi connectivity index (χ0) is 17.1. The Kier molecular flexibility index (Phi) is 4.31. The van der Waals surface area contributed by atoms with Gasteiger partial charge in [0.1, 0.15) is 12.4 Å². The van der Waals surface area contributed by atoms with E-state index in [1.54, 1.807) is 34.9 Å². The summed E-state index contributed by atoms with van der Waals surface area (Å²) < 4.78 is 3.08. The molecule has 3 rings (SSSR count). The summed E-state index contributed by atoms with van der Waals surface area (Å²) in [6.45, 7) is 0.276. The number of carbonyl (C=O) groups is 1. The first-order chi connectivity index (χ1) is 11.6. The van der Waals surface area contributed by atoms with Crippen molar-refractivity contribution in [3.8, 4) is 11.9 Å². The molecule has 1 amide bonds. The molecule has 0 bridgehead atoms. The topological polar surface area (TPSA) is 94.3 Å². The Morgan fingerprint density at radius 1 is 1.46 bits per heavy atom. The number of pyridine rings is 2. The van der Waals surface area contributed by atoms with E-state index in [4.69, 9.17) is 16.9 Å². The van der Waals surface area contributed by atoms with Gasteiger partial charge in [-0.15, -0.1) is 0 Å². The minimum atomic E-state index is -0.529. The van der Waals surface area contributed by atoms with Crippen LogP contribution in [0.2, 0.25) is 5.02 Å². The van der Waals surface area contributed by atoms with E-state index < -0.39 is 5.91 Å². The highest BCUT2D eigenvalue weighted by atomic mass is 35.5. The summed E-state index contributed by atoms with van der Waals surface area (Å²) in [5, 5.41) is 22.3. The van der Waals surface area contributed by atoms with Crippen molar-refractivity contribution in [2.45, 2.75) is 13.0 Å². The predicted molar refractivity (Wildman–Crippen MR) is 86.7 cm³/mol. The van der Waals surface area contributed by atoms with Crippen LogP contribution >= 0.6 is 11.6 Å². The van der Waals surface area contributed by atoms with E-state index in [2.05, 4.69) is 10.3 Å². The first-order valence-electron chi connectivity index (χ1n) is 7.13. The number of nitrogens with zero attached hydrogens (tertiary/aromatic N) is 4. The summed E-state index contributed by atoms with van der Waals surface area (Å²) in [5.74, 6) is -0.462. The highest BCUT2D eigenvalue weighted by Crippen LogP contribution is 2.19. The number of aromatic nitrogens is 3. The van der Waals surface area contributed by atoms with Gasteiger partial charge in [0, 0.05) is 17.3 Å². The Bertz CT molecular complexity index is 961. The number of halogens is 1. The second kappa shape index (κ2) is 6.56. The predicted octanol–water partition coefficient (Wildman–Crippen LogP) is 2.15. The van der Waals surface area contributed by atoms with E-state index in [9.17, 15) is 9.90 Å². The van der Waals surface area contributed by atoms with Gasteiger partial charge in [0.2, 0.25) is 0 Å². The molecule has 3 aromatic rings. The number of carbonyl (C=O) groups excluding carboxylic acids is 1. The van der Waals surface area contributed by atoms with Crippen LogP contribution in [0.5, 0.6) is 5.88 Å². The monoisotopic (exact) mass is 342 g/mol. The number of nitrogens with one attached hydrogen (secondary N) is 1. The molecule has 3 aromatic heterocycles. The van der Waals surface area contributed by atoms with E-state index in [1.165, 1.54) is 16.8 Å². The van der Waals surface area contributed by atoms with Crippen molar-refractivity contribution in [1.82, 2.24) is 9.38 Å². The van der Waals surface area contributed by atoms with Gasteiger partial charge in [-0.2, -0.15) is 14.2 Å². The molecule has 24 heavy (non-hydrogen) atoms. The van der Waals surface area contributed by atoms with Crippen LogP contribution < -0.4 is 9.88 Å². The Labute approximate surface area is 142 Å². The van der Waals surface area contributed by atoms with E-state index in [0.717, 1.165) is 0 Å². The van der Waals surface area contributed by atoms with Gasteiger partial charge >= 0.3 is 11.8 Å². The van der Waals surface area contributed by atoms with Crippen LogP contribution in [-0.2, 0) is 6.54 Å². The Morgan fingerprint density at radius 2 is 2.29 bits per heavy atom. The molecule has 0 atom stereocenters. The van der Waals surface area contributed by atoms with Gasteiger partial charge in [0.05, 0.1) is 18.7 Å². The van der Waals surface area contributed by atoms with Crippen LogP contribution in [0.15, 0.2) is 42.7 Å². The van der Waals surface area contributed by atoms with Crippen LogP contribution in [0, 0.1) is 11.3 Å². The largest absolute Gasteiger partial charge is 0.475 e. The van der Waals surface area contributed by atoms with Gasteiger partial charge in [-0.3, -0.25) is 4.79 Å². The number of anilines is 1. The fourth-order valence-corrected chi connectivity index (χ4v) is 2.59. The number of hydrogen-bond donors (Lipinski definition) is 2. The van der Waals surface area contributed by atoms with Gasteiger partial charge < -0.3 is 10.4 Å². The summed E-state index contributed by atoms with van der Waals surface area (Å²) in [4.78, 5) is 16.6. The molecule has 0 saturated carbocycles. The quantitative estimate of drug-likeness (QED) is 0.710. The lowest BCUT2D eigenvalue weighted by atomic mass is 10.3. The molecule has 7 nitrogen and oxygen atoms in total. The molecular formula is C16H13ClN5O2+. The zero-order valence-electron chi connectivity index (χ0n) is 12.5. The highest BCUT2D eigenvalue weighted by Gasteiger charge is 2.30. The zero-order valence-corrected chi connectivity index (χ0v) is 13.2. The molecule has 0 aromatic carbocycles. The maximum absolute atomic E-state index is 12.6. The summed E-state index contributed by atoms with van der Waals surface area (Å²) in [5.41, 5.74) is 0.666. The smallest absolute Gasteiger partial charge is 0.337 e. The Morgan fingerprint density at radius 3 is 3.04 bits per heavy atom. The molecule has 120 valence electrons. The third-order valence-electron chi connectivity index (χ3n) is 3.45. The maximum Gasteiger partial charge on any atom is 0.337 e. The highest BCUT2D eigenvalue weighted by molar-refractivity contribution is 6.30. The summed E-state index contributed by atoms with van der Waals surface area (Å²) in [7, 11) is 0. The van der Waals surface area contributed by atoms with Crippen molar-refractivity contribution in [3.63, 3.8) is 0 Å². The number of fused-ring (bicyclic) bond motifs is 1. The fourth-order valence-electron chi connectivity index (χ4n) is 2.43. The second-order valence-corrected chi connectivity index (χ2v) is 5.41. The maximum atomic E-state index is 12.6. The third-order valence-corrected chi connectivity index (χ3v) is 3.68. The van der Waals surface area contributed by atoms with E-state index in [-0.39, 0.29) is 30.4 Å². The number of nitriles is 1. The first-order valence-corrected chi connectivity index (χ1v) is 7.51. The molecule has 0 aliphatic rings. The molecule has 0 aliphatic carbocycles. The van der Waals surface area contributed by atoms with E-state index in [1.807, 2.05) is 6.07 Å². The molecule has 0 unspecified atom stereocenters. The van der Waals surface area contributed by atoms with Crippen molar-refractivity contribution < 1.29 is 14.5 Å². The van der Waals surface area contributed by atoms with E-state index in [0.29, 0.717) is 10.7 Å². The SMILES string of the molecule is N#CCC[n+]1c(O)c(C(=O)Nc2cc(Cl)ccn2)n2ccccc21. The van der Waals surface area contributed by atoms with E-state index >= 15 is 0 Å². The minimum absolute atomic E-state index is 0.0605. The number of aromatic hydroxyl groups is 1. The van der Waals surface area contributed by atoms with Crippen molar-refractivity contribution in [3.05, 3.63) is 53.4 Å². The lowest BCUT2D eigenvalue weighted by Gasteiger charge is -2.02. The molecular weight excluding hydrogens is 330 g/mol. The molecule has 0 radical (unpaired) electrons. The average molecular weight is 343 g/mol. The number of hydrogen-bond acceptors (Lipinski definition) is 4. The lowest BCUT2D eigenvalue weighted by Crippen LogP contribution is -2.33. The summed E-state index contributed by atoms with van der Waals surface area (Å²) in [6.07, 6.45) is 3.35. The molecule has 0 fully saturated rings. The van der Waals surface area contributed by atoms with Gasteiger partial charge in [0.25, 0.3) is 11.3 Å². The average Bonchev–Trinajstić information content (AvgIpc) is 2.84. The Hall–Kier alpha value is -3.11. The standard InChI is InChI=1S/C16H12ClN5O2/c17-11-5-7-19-12(10-11)20-15(23)14-16(24)22(9-3-6-18)13-4-1-2-8-21(13)14/h1-2,4-5,7-8,10H,3,9H2,(H-,19,20,23,24)/p+1. The second-order valence-electron chi connectivity index (χ2n) is 4.97. The molecule has 0 spiro atoms. The number of rotatable bonds is 4. The van der Waals surface area contributed by atoms with Crippen LogP contribution in [0.1, 0.15) is 16.9 Å². The van der Waals surface area contributed by atoms with Crippen LogP contribution in [0.4, 0.5) is 5.82 Å². The molecule has 8 heteroatoms. The summed E-state index contributed by atoms with van der Waals surface area (Å²) >= 11 is 5.88. The Balaban J connectivity index is 2.04. The number of aryl methyl sites for hydroxylation is 1. The molecule has 2 N–H and O–H groups in total. The van der Waals surface area contributed by atoms with Gasteiger partial charge in [-0.25, -0.2) is 4.98 Å². The number of amides is 1. The van der Waals surface area contributed by atoms with Crippen molar-refractivity contribution >= 4 is 29.0 Å². The van der Waals surface area contributed by atoms with Crippen LogP contribution in [-0.4, -0.2) is 20.4 Å².